The molecule has 0 atom stereocenters. The van der Waals surface area contributed by atoms with Gasteiger partial charge >= 0.3 is 0 Å². The number of anilines is 1. The van der Waals surface area contributed by atoms with Gasteiger partial charge in [0, 0.05) is 18.2 Å². The van der Waals surface area contributed by atoms with Gasteiger partial charge in [-0.1, -0.05) is 6.07 Å². The van der Waals surface area contributed by atoms with Gasteiger partial charge in [0.25, 0.3) is 0 Å². The quantitative estimate of drug-likeness (QED) is 0.892. The number of benzene rings is 2. The van der Waals surface area contributed by atoms with E-state index >= 15 is 0 Å². The average Bonchev–Trinajstić information content (AvgIpc) is 2.68. The van der Waals surface area contributed by atoms with Crippen LogP contribution in [0.1, 0.15) is 18.4 Å². The van der Waals surface area contributed by atoms with E-state index in [4.69, 9.17) is 18.9 Å². The van der Waals surface area contributed by atoms with Crippen LogP contribution in [0.2, 0.25) is 0 Å². The van der Waals surface area contributed by atoms with E-state index in [-0.39, 0.29) is 5.91 Å². The molecular formula is C20H21NO5. The predicted octanol–water partition coefficient (Wildman–Crippen LogP) is 3.19. The highest BCUT2D eigenvalue weighted by Gasteiger charge is 2.14. The molecule has 2 heterocycles. The largest absolute Gasteiger partial charge is 0.486 e. The molecule has 6 heteroatoms. The Morgan fingerprint density at radius 1 is 0.808 bits per heavy atom. The lowest BCUT2D eigenvalue weighted by atomic mass is 10.1. The van der Waals surface area contributed by atoms with Crippen LogP contribution >= 0.6 is 0 Å². The Kier molecular flexibility index (Phi) is 4.82. The van der Waals surface area contributed by atoms with E-state index in [2.05, 4.69) is 5.32 Å². The molecule has 0 saturated heterocycles. The smallest absolute Gasteiger partial charge is 0.224 e. The number of ether oxygens (including phenoxy) is 4. The van der Waals surface area contributed by atoms with Crippen molar-refractivity contribution in [2.24, 2.45) is 0 Å². The number of nitrogens with one attached hydrogen (secondary N) is 1. The van der Waals surface area contributed by atoms with Crippen molar-refractivity contribution >= 4 is 11.6 Å². The van der Waals surface area contributed by atoms with E-state index in [1.54, 1.807) is 6.07 Å². The van der Waals surface area contributed by atoms with Crippen LogP contribution in [-0.4, -0.2) is 32.3 Å². The van der Waals surface area contributed by atoms with Crippen LogP contribution in [-0.2, 0) is 11.2 Å². The van der Waals surface area contributed by atoms with Gasteiger partial charge in [0.05, 0.1) is 0 Å². The molecule has 6 nitrogen and oxygen atoms in total. The molecule has 0 fully saturated rings. The molecule has 0 aliphatic carbocycles. The molecule has 2 aliphatic heterocycles. The number of carbonyl (C=O) groups excluding carboxylic acids is 1. The van der Waals surface area contributed by atoms with Gasteiger partial charge in [-0.2, -0.15) is 0 Å². The molecule has 2 aromatic carbocycles. The van der Waals surface area contributed by atoms with E-state index in [9.17, 15) is 4.79 Å². The zero-order valence-corrected chi connectivity index (χ0v) is 14.5. The molecule has 2 aliphatic rings. The second-order valence-corrected chi connectivity index (χ2v) is 6.24. The number of hydrogen-bond acceptors (Lipinski definition) is 5. The minimum atomic E-state index is -0.0146. The highest BCUT2D eigenvalue weighted by Crippen LogP contribution is 2.33. The summed E-state index contributed by atoms with van der Waals surface area (Å²) < 4.78 is 22.1. The first-order valence-electron chi connectivity index (χ1n) is 8.86. The number of amides is 1. The first-order valence-corrected chi connectivity index (χ1v) is 8.86. The first kappa shape index (κ1) is 16.6. The maximum atomic E-state index is 12.2. The second kappa shape index (κ2) is 7.56. The predicted molar refractivity (Wildman–Crippen MR) is 96.4 cm³/mol. The molecule has 0 aromatic heterocycles. The summed E-state index contributed by atoms with van der Waals surface area (Å²) in [5.74, 6) is 2.95. The fraction of sp³-hybridized carbons (Fsp3) is 0.350. The summed E-state index contributed by atoms with van der Waals surface area (Å²) >= 11 is 0. The fourth-order valence-electron chi connectivity index (χ4n) is 3.04. The number of fused-ring (bicyclic) bond motifs is 2. The molecule has 26 heavy (non-hydrogen) atoms. The van der Waals surface area contributed by atoms with Gasteiger partial charge in [-0.25, -0.2) is 0 Å². The van der Waals surface area contributed by atoms with Crippen molar-refractivity contribution in [3.8, 4) is 23.0 Å². The minimum Gasteiger partial charge on any atom is -0.486 e. The Labute approximate surface area is 152 Å². The van der Waals surface area contributed by atoms with Crippen molar-refractivity contribution < 1.29 is 23.7 Å². The standard InChI is InChI=1S/C20H21NO5/c22-20(21-15-5-7-17-19(13-15)26-11-9-24-17)3-1-2-14-4-6-16-18(12-14)25-10-8-23-16/h4-7,12-13H,1-3,8-11H2,(H,21,22). The number of rotatable bonds is 5. The molecule has 1 amide bonds. The van der Waals surface area contributed by atoms with Gasteiger partial charge in [0.1, 0.15) is 26.4 Å². The highest BCUT2D eigenvalue weighted by molar-refractivity contribution is 5.91. The van der Waals surface area contributed by atoms with Crippen molar-refractivity contribution in [1.82, 2.24) is 0 Å². The Morgan fingerprint density at radius 3 is 2.15 bits per heavy atom. The van der Waals surface area contributed by atoms with Gasteiger partial charge < -0.3 is 24.3 Å². The van der Waals surface area contributed by atoms with Crippen molar-refractivity contribution in [3.63, 3.8) is 0 Å². The molecule has 136 valence electrons. The Hall–Kier alpha value is -2.89. The zero-order valence-electron chi connectivity index (χ0n) is 14.5. The van der Waals surface area contributed by atoms with E-state index < -0.39 is 0 Å². The third-order valence-corrected chi connectivity index (χ3v) is 4.30. The van der Waals surface area contributed by atoms with Crippen molar-refractivity contribution in [1.29, 1.82) is 0 Å². The maximum absolute atomic E-state index is 12.2. The van der Waals surface area contributed by atoms with Crippen LogP contribution in [0.5, 0.6) is 23.0 Å². The summed E-state index contributed by atoms with van der Waals surface area (Å²) in [4.78, 5) is 12.2. The SMILES string of the molecule is O=C(CCCc1ccc2c(c1)OCCO2)Nc1ccc2c(c1)OCCO2. The van der Waals surface area contributed by atoms with Gasteiger partial charge in [-0.05, 0) is 42.7 Å². The summed E-state index contributed by atoms with van der Waals surface area (Å²) in [7, 11) is 0. The molecule has 0 saturated carbocycles. The van der Waals surface area contributed by atoms with Crippen molar-refractivity contribution in [2.45, 2.75) is 19.3 Å². The highest BCUT2D eigenvalue weighted by atomic mass is 16.6. The molecule has 4 rings (SSSR count). The van der Waals surface area contributed by atoms with Crippen LogP contribution in [0.4, 0.5) is 5.69 Å². The van der Waals surface area contributed by atoms with E-state index in [1.807, 2.05) is 30.3 Å². The van der Waals surface area contributed by atoms with Crippen LogP contribution in [0.15, 0.2) is 36.4 Å². The number of carbonyl (C=O) groups is 1. The third kappa shape index (κ3) is 3.85. The van der Waals surface area contributed by atoms with Crippen LogP contribution in [0.25, 0.3) is 0 Å². The van der Waals surface area contributed by atoms with Crippen molar-refractivity contribution in [2.75, 3.05) is 31.7 Å². The van der Waals surface area contributed by atoms with Gasteiger partial charge in [-0.3, -0.25) is 4.79 Å². The summed E-state index contributed by atoms with van der Waals surface area (Å²) in [6.45, 7) is 2.25. The van der Waals surface area contributed by atoms with Gasteiger partial charge in [0.15, 0.2) is 23.0 Å². The van der Waals surface area contributed by atoms with E-state index in [0.717, 1.165) is 35.6 Å². The van der Waals surface area contributed by atoms with Crippen LogP contribution in [0, 0.1) is 0 Å². The second-order valence-electron chi connectivity index (χ2n) is 6.24. The van der Waals surface area contributed by atoms with E-state index in [1.165, 1.54) is 0 Å². The molecule has 1 N–H and O–H groups in total. The van der Waals surface area contributed by atoms with Crippen LogP contribution < -0.4 is 24.3 Å². The van der Waals surface area contributed by atoms with Gasteiger partial charge in [-0.15, -0.1) is 0 Å². The Morgan fingerprint density at radius 2 is 1.42 bits per heavy atom. The number of hydrogen-bond donors (Lipinski definition) is 1. The summed E-state index contributed by atoms with van der Waals surface area (Å²) in [5, 5.41) is 2.91. The normalized spacial score (nSPS) is 14.6. The monoisotopic (exact) mass is 355 g/mol. The minimum absolute atomic E-state index is 0.0146. The number of aryl methyl sites for hydroxylation is 1. The molecular weight excluding hydrogens is 334 g/mol. The van der Waals surface area contributed by atoms with Crippen LogP contribution in [0.3, 0.4) is 0 Å². The summed E-state index contributed by atoms with van der Waals surface area (Å²) in [5.41, 5.74) is 1.86. The van der Waals surface area contributed by atoms with Crippen molar-refractivity contribution in [3.05, 3.63) is 42.0 Å². The molecule has 2 aromatic rings. The summed E-state index contributed by atoms with van der Waals surface area (Å²) in [6, 6.07) is 11.4. The molecule has 0 spiro atoms. The third-order valence-electron chi connectivity index (χ3n) is 4.30. The molecule has 0 bridgehead atoms. The summed E-state index contributed by atoms with van der Waals surface area (Å²) in [6.07, 6.45) is 2.02. The maximum Gasteiger partial charge on any atom is 0.224 e. The average molecular weight is 355 g/mol. The van der Waals surface area contributed by atoms with E-state index in [0.29, 0.717) is 44.3 Å². The molecule has 0 unspecified atom stereocenters. The van der Waals surface area contributed by atoms with Gasteiger partial charge in [0.2, 0.25) is 5.91 Å². The topological polar surface area (TPSA) is 66.0 Å². The fourth-order valence-corrected chi connectivity index (χ4v) is 3.04. The lowest BCUT2D eigenvalue weighted by Gasteiger charge is -2.19. The Balaban J connectivity index is 1.28. The molecule has 0 radical (unpaired) electrons. The lowest BCUT2D eigenvalue weighted by molar-refractivity contribution is -0.116. The first-order chi connectivity index (χ1) is 12.8. The lowest BCUT2D eigenvalue weighted by Crippen LogP contribution is -2.16. The Bertz CT molecular complexity index is 805. The zero-order chi connectivity index (χ0) is 17.8.